The molecule has 1 amide bonds. The Kier molecular flexibility index (Phi) is 4.74. The average Bonchev–Trinajstić information content (AvgIpc) is 2.57. The van der Waals surface area contributed by atoms with Gasteiger partial charge in [-0.3, -0.25) is 4.79 Å². The minimum atomic E-state index is -0.432. The van der Waals surface area contributed by atoms with Gasteiger partial charge in [-0.05, 0) is 37.3 Å². The minimum absolute atomic E-state index is 0.0763. The standard InChI is InChI=1S/C17H12Cl2N4O/c1-10-20-8-7-14(21-10)11-3-2-4-12(9-11)22-17(24)16-13(18)5-6-15(19)23-16/h2-9H,1H3,(H,22,24). The van der Waals surface area contributed by atoms with Gasteiger partial charge in [-0.1, -0.05) is 35.3 Å². The van der Waals surface area contributed by atoms with Gasteiger partial charge in [-0.25, -0.2) is 15.0 Å². The van der Waals surface area contributed by atoms with E-state index in [0.29, 0.717) is 11.5 Å². The fourth-order valence-electron chi connectivity index (χ4n) is 2.14. The molecule has 0 saturated heterocycles. The van der Waals surface area contributed by atoms with Crippen LogP contribution in [0.15, 0.2) is 48.7 Å². The lowest BCUT2D eigenvalue weighted by atomic mass is 10.1. The molecule has 0 unspecified atom stereocenters. The predicted molar refractivity (Wildman–Crippen MR) is 94.4 cm³/mol. The number of halogens is 2. The second kappa shape index (κ2) is 6.95. The Morgan fingerprint density at radius 1 is 1.08 bits per heavy atom. The summed E-state index contributed by atoms with van der Waals surface area (Å²) in [6.07, 6.45) is 1.69. The zero-order valence-corrected chi connectivity index (χ0v) is 14.1. The first kappa shape index (κ1) is 16.4. The van der Waals surface area contributed by atoms with Crippen LogP contribution in [0.4, 0.5) is 5.69 Å². The topological polar surface area (TPSA) is 67.8 Å². The molecule has 2 aromatic heterocycles. The molecule has 2 heterocycles. The molecule has 1 N–H and O–H groups in total. The van der Waals surface area contributed by atoms with Crippen LogP contribution >= 0.6 is 23.2 Å². The highest BCUT2D eigenvalue weighted by Crippen LogP contribution is 2.22. The molecule has 24 heavy (non-hydrogen) atoms. The third-order valence-electron chi connectivity index (χ3n) is 3.22. The van der Waals surface area contributed by atoms with Crippen LogP contribution in [-0.4, -0.2) is 20.9 Å². The highest BCUT2D eigenvalue weighted by atomic mass is 35.5. The van der Waals surface area contributed by atoms with Crippen molar-refractivity contribution in [2.75, 3.05) is 5.32 Å². The summed E-state index contributed by atoms with van der Waals surface area (Å²) in [5.41, 5.74) is 2.32. The van der Waals surface area contributed by atoms with Crippen molar-refractivity contribution < 1.29 is 4.79 Å². The van der Waals surface area contributed by atoms with E-state index in [9.17, 15) is 4.79 Å². The zero-order chi connectivity index (χ0) is 17.1. The number of nitrogens with zero attached hydrogens (tertiary/aromatic N) is 3. The summed E-state index contributed by atoms with van der Waals surface area (Å²) in [4.78, 5) is 24.8. The molecule has 0 aliphatic rings. The van der Waals surface area contributed by atoms with Gasteiger partial charge in [-0.2, -0.15) is 0 Å². The molecule has 120 valence electrons. The van der Waals surface area contributed by atoms with Crippen LogP contribution in [0.3, 0.4) is 0 Å². The van der Waals surface area contributed by atoms with Crippen molar-refractivity contribution >= 4 is 34.8 Å². The largest absolute Gasteiger partial charge is 0.321 e. The Hall–Kier alpha value is -2.50. The number of amides is 1. The number of aryl methyl sites for hydroxylation is 1. The minimum Gasteiger partial charge on any atom is -0.321 e. The van der Waals surface area contributed by atoms with E-state index in [-0.39, 0.29) is 15.9 Å². The molecule has 0 aliphatic carbocycles. The molecule has 0 atom stereocenters. The quantitative estimate of drug-likeness (QED) is 0.704. The van der Waals surface area contributed by atoms with E-state index in [1.807, 2.05) is 31.2 Å². The van der Waals surface area contributed by atoms with Crippen LogP contribution in [-0.2, 0) is 0 Å². The molecule has 1 aromatic carbocycles. The molecule has 7 heteroatoms. The van der Waals surface area contributed by atoms with E-state index in [0.717, 1.165) is 11.3 Å². The summed E-state index contributed by atoms with van der Waals surface area (Å²) < 4.78 is 0. The number of benzene rings is 1. The third-order valence-corrected chi connectivity index (χ3v) is 3.73. The van der Waals surface area contributed by atoms with Crippen molar-refractivity contribution in [3.05, 3.63) is 70.4 Å². The van der Waals surface area contributed by atoms with Crippen molar-refractivity contribution in [1.29, 1.82) is 0 Å². The van der Waals surface area contributed by atoms with Gasteiger partial charge in [0.1, 0.15) is 16.7 Å². The van der Waals surface area contributed by atoms with Crippen LogP contribution < -0.4 is 5.32 Å². The van der Waals surface area contributed by atoms with Gasteiger partial charge in [0.15, 0.2) is 0 Å². The van der Waals surface area contributed by atoms with E-state index < -0.39 is 5.91 Å². The molecule has 0 aliphatic heterocycles. The highest BCUT2D eigenvalue weighted by Gasteiger charge is 2.13. The molecule has 5 nitrogen and oxygen atoms in total. The maximum absolute atomic E-state index is 12.3. The van der Waals surface area contributed by atoms with E-state index >= 15 is 0 Å². The predicted octanol–water partition coefficient (Wildman–Crippen LogP) is 4.41. The monoisotopic (exact) mass is 358 g/mol. The number of rotatable bonds is 3. The number of carbonyl (C=O) groups excluding carboxylic acids is 1. The molecule has 0 radical (unpaired) electrons. The van der Waals surface area contributed by atoms with Crippen molar-refractivity contribution in [2.45, 2.75) is 6.92 Å². The second-order valence-corrected chi connectivity index (χ2v) is 5.78. The van der Waals surface area contributed by atoms with Gasteiger partial charge in [0.05, 0.1) is 10.7 Å². The number of pyridine rings is 1. The van der Waals surface area contributed by atoms with Crippen LogP contribution in [0.1, 0.15) is 16.3 Å². The van der Waals surface area contributed by atoms with Crippen molar-refractivity contribution in [3.8, 4) is 11.3 Å². The Morgan fingerprint density at radius 3 is 2.71 bits per heavy atom. The normalized spacial score (nSPS) is 10.5. The number of aromatic nitrogens is 3. The van der Waals surface area contributed by atoms with Crippen LogP contribution in [0.25, 0.3) is 11.3 Å². The van der Waals surface area contributed by atoms with E-state index in [2.05, 4.69) is 20.3 Å². The maximum atomic E-state index is 12.3. The maximum Gasteiger partial charge on any atom is 0.275 e. The van der Waals surface area contributed by atoms with Gasteiger partial charge in [0.2, 0.25) is 0 Å². The number of nitrogens with one attached hydrogen (secondary N) is 1. The summed E-state index contributed by atoms with van der Waals surface area (Å²) in [5, 5.41) is 3.20. The Morgan fingerprint density at radius 2 is 1.92 bits per heavy atom. The molecule has 0 spiro atoms. The molecule has 0 bridgehead atoms. The smallest absolute Gasteiger partial charge is 0.275 e. The first-order valence-electron chi connectivity index (χ1n) is 7.06. The van der Waals surface area contributed by atoms with Gasteiger partial charge in [0.25, 0.3) is 5.91 Å². The van der Waals surface area contributed by atoms with Gasteiger partial charge in [-0.15, -0.1) is 0 Å². The fourth-order valence-corrected chi connectivity index (χ4v) is 2.48. The SMILES string of the molecule is Cc1nccc(-c2cccc(NC(=O)c3nc(Cl)ccc3Cl)c2)n1. The lowest BCUT2D eigenvalue weighted by Crippen LogP contribution is -2.14. The lowest BCUT2D eigenvalue weighted by molar-refractivity contribution is 0.102. The molecule has 0 fully saturated rings. The average molecular weight is 359 g/mol. The molecule has 0 saturated carbocycles. The third kappa shape index (κ3) is 3.69. The van der Waals surface area contributed by atoms with E-state index in [1.165, 1.54) is 12.1 Å². The van der Waals surface area contributed by atoms with Crippen LogP contribution in [0, 0.1) is 6.92 Å². The number of hydrogen-bond acceptors (Lipinski definition) is 4. The first-order valence-corrected chi connectivity index (χ1v) is 7.82. The molecule has 3 rings (SSSR count). The number of hydrogen-bond donors (Lipinski definition) is 1. The summed E-state index contributed by atoms with van der Waals surface area (Å²) in [6, 6.07) is 12.2. The Labute approximate surface area is 148 Å². The lowest BCUT2D eigenvalue weighted by Gasteiger charge is -2.08. The van der Waals surface area contributed by atoms with Gasteiger partial charge < -0.3 is 5.32 Å². The van der Waals surface area contributed by atoms with Crippen molar-refractivity contribution in [3.63, 3.8) is 0 Å². The summed E-state index contributed by atoms with van der Waals surface area (Å²) in [5.74, 6) is 0.246. The van der Waals surface area contributed by atoms with E-state index in [1.54, 1.807) is 12.3 Å². The zero-order valence-electron chi connectivity index (χ0n) is 12.6. The Bertz CT molecular complexity index is 915. The van der Waals surface area contributed by atoms with Gasteiger partial charge in [0, 0.05) is 17.4 Å². The van der Waals surface area contributed by atoms with E-state index in [4.69, 9.17) is 23.2 Å². The van der Waals surface area contributed by atoms with Crippen molar-refractivity contribution in [2.24, 2.45) is 0 Å². The van der Waals surface area contributed by atoms with Gasteiger partial charge >= 0.3 is 0 Å². The number of anilines is 1. The second-order valence-electron chi connectivity index (χ2n) is 4.99. The van der Waals surface area contributed by atoms with Crippen molar-refractivity contribution in [1.82, 2.24) is 15.0 Å². The summed E-state index contributed by atoms with van der Waals surface area (Å²) in [6.45, 7) is 1.82. The molecule has 3 aromatic rings. The first-order chi connectivity index (χ1) is 11.5. The summed E-state index contributed by atoms with van der Waals surface area (Å²) >= 11 is 11.8. The number of carbonyl (C=O) groups is 1. The Balaban J connectivity index is 1.87. The molecular formula is C17H12Cl2N4O. The fraction of sp³-hybridized carbons (Fsp3) is 0.0588. The van der Waals surface area contributed by atoms with Crippen LogP contribution in [0.5, 0.6) is 0 Å². The summed E-state index contributed by atoms with van der Waals surface area (Å²) in [7, 11) is 0. The highest BCUT2D eigenvalue weighted by molar-refractivity contribution is 6.35. The van der Waals surface area contributed by atoms with Crippen LogP contribution in [0.2, 0.25) is 10.2 Å². The molecular weight excluding hydrogens is 347 g/mol.